The predicted octanol–water partition coefficient (Wildman–Crippen LogP) is 3.53. The summed E-state index contributed by atoms with van der Waals surface area (Å²) >= 11 is 5.91. The lowest BCUT2D eigenvalue weighted by molar-refractivity contribution is -0.117. The number of aliphatic hydroxyl groups is 1. The molecule has 6 nitrogen and oxygen atoms in total. The van der Waals surface area contributed by atoms with E-state index in [9.17, 15) is 19.5 Å². The molecule has 2 N–H and O–H groups in total. The lowest BCUT2D eigenvalue weighted by Crippen LogP contribution is -2.30. The largest absolute Gasteiger partial charge is 0.503 e. The van der Waals surface area contributed by atoms with E-state index in [1.165, 1.54) is 36.1 Å². The van der Waals surface area contributed by atoms with Crippen molar-refractivity contribution >= 4 is 34.9 Å². The highest BCUT2D eigenvalue weighted by Gasteiger charge is 2.43. The zero-order valence-corrected chi connectivity index (χ0v) is 14.4. The van der Waals surface area contributed by atoms with Crippen LogP contribution in [0.4, 0.5) is 5.69 Å². The van der Waals surface area contributed by atoms with Crippen LogP contribution in [0.3, 0.4) is 0 Å². The molecule has 0 saturated carbocycles. The summed E-state index contributed by atoms with van der Waals surface area (Å²) in [5, 5.41) is 19.7. The monoisotopic (exact) mass is 371 g/mol. The standard InChI is InChI=1S/C19H14ClNO5/c1-10(22)15-16(11-2-6-13(20)7-3-11)21(18(24)17(15)23)14-8-4-12(5-9-14)19(25)26/h2-9,16,23H,1H3,(H,25,26)/t16-/m1/s1. The molecule has 26 heavy (non-hydrogen) atoms. The van der Waals surface area contributed by atoms with Crippen molar-refractivity contribution in [2.75, 3.05) is 4.90 Å². The number of carbonyl (C=O) groups excluding carboxylic acids is 2. The number of hydrogen-bond donors (Lipinski definition) is 2. The Morgan fingerprint density at radius 3 is 2.12 bits per heavy atom. The van der Waals surface area contributed by atoms with Crippen molar-refractivity contribution in [1.82, 2.24) is 0 Å². The van der Waals surface area contributed by atoms with E-state index < -0.39 is 29.5 Å². The van der Waals surface area contributed by atoms with Crippen molar-refractivity contribution in [3.05, 3.63) is 76.0 Å². The summed E-state index contributed by atoms with van der Waals surface area (Å²) in [6.45, 7) is 1.28. The average molecular weight is 372 g/mol. The Morgan fingerprint density at radius 2 is 1.62 bits per heavy atom. The highest BCUT2D eigenvalue weighted by molar-refractivity contribution is 6.30. The van der Waals surface area contributed by atoms with Gasteiger partial charge in [0.1, 0.15) is 0 Å². The van der Waals surface area contributed by atoms with Crippen LogP contribution < -0.4 is 4.90 Å². The van der Waals surface area contributed by atoms with Crippen molar-refractivity contribution in [3.8, 4) is 0 Å². The van der Waals surface area contributed by atoms with Gasteiger partial charge in [0.15, 0.2) is 11.5 Å². The summed E-state index contributed by atoms with van der Waals surface area (Å²) in [6, 6.07) is 11.4. The zero-order valence-electron chi connectivity index (χ0n) is 13.6. The van der Waals surface area contributed by atoms with Crippen LogP contribution in [0, 0.1) is 0 Å². The average Bonchev–Trinajstić information content (AvgIpc) is 2.87. The molecule has 7 heteroatoms. The summed E-state index contributed by atoms with van der Waals surface area (Å²) in [6.07, 6.45) is 0. The molecule has 1 aliphatic heterocycles. The van der Waals surface area contributed by atoms with Gasteiger partial charge in [-0.1, -0.05) is 23.7 Å². The first kappa shape index (κ1) is 17.7. The number of nitrogens with zero attached hydrogens (tertiary/aromatic N) is 1. The summed E-state index contributed by atoms with van der Waals surface area (Å²) in [5.41, 5.74) is 1.01. The fraction of sp³-hybridized carbons (Fsp3) is 0.105. The van der Waals surface area contributed by atoms with Crippen LogP contribution in [0.15, 0.2) is 59.9 Å². The van der Waals surface area contributed by atoms with Crippen LogP contribution in [0.1, 0.15) is 28.9 Å². The number of carbonyl (C=O) groups is 3. The molecule has 1 amide bonds. The Kier molecular flexibility index (Phi) is 4.52. The number of anilines is 1. The van der Waals surface area contributed by atoms with Crippen LogP contribution in [-0.2, 0) is 9.59 Å². The van der Waals surface area contributed by atoms with Gasteiger partial charge in [0.2, 0.25) is 0 Å². The van der Waals surface area contributed by atoms with Crippen molar-refractivity contribution in [3.63, 3.8) is 0 Å². The first-order valence-electron chi connectivity index (χ1n) is 7.67. The van der Waals surface area contributed by atoms with Gasteiger partial charge in [-0.05, 0) is 48.9 Å². The third-order valence-corrected chi connectivity index (χ3v) is 4.42. The highest BCUT2D eigenvalue weighted by Crippen LogP contribution is 2.41. The molecule has 0 unspecified atom stereocenters. The second kappa shape index (κ2) is 6.65. The Labute approximate surface area is 153 Å². The van der Waals surface area contributed by atoms with Gasteiger partial charge >= 0.3 is 5.97 Å². The number of ketones is 1. The van der Waals surface area contributed by atoms with Gasteiger partial charge < -0.3 is 10.2 Å². The number of benzene rings is 2. The summed E-state index contributed by atoms with van der Waals surface area (Å²) in [4.78, 5) is 37.0. The molecule has 2 aromatic rings. The lowest BCUT2D eigenvalue weighted by atomic mass is 9.96. The van der Waals surface area contributed by atoms with Crippen molar-refractivity contribution in [1.29, 1.82) is 0 Å². The van der Waals surface area contributed by atoms with E-state index in [1.54, 1.807) is 24.3 Å². The highest BCUT2D eigenvalue weighted by atomic mass is 35.5. The zero-order chi connectivity index (χ0) is 19.0. The van der Waals surface area contributed by atoms with Crippen LogP contribution in [0.25, 0.3) is 0 Å². The maximum atomic E-state index is 12.6. The van der Waals surface area contributed by atoms with Crippen LogP contribution >= 0.6 is 11.6 Å². The summed E-state index contributed by atoms with van der Waals surface area (Å²) in [5.74, 6) is -2.86. The second-order valence-electron chi connectivity index (χ2n) is 5.80. The molecule has 0 aliphatic carbocycles. The summed E-state index contributed by atoms with van der Waals surface area (Å²) < 4.78 is 0. The molecule has 0 fully saturated rings. The van der Waals surface area contributed by atoms with Gasteiger partial charge in [0, 0.05) is 10.7 Å². The third kappa shape index (κ3) is 2.95. The van der Waals surface area contributed by atoms with Gasteiger partial charge in [-0.3, -0.25) is 14.5 Å². The number of rotatable bonds is 4. The maximum Gasteiger partial charge on any atom is 0.335 e. The Hall–Kier alpha value is -3.12. The van der Waals surface area contributed by atoms with Crippen LogP contribution in [0.5, 0.6) is 0 Å². The van der Waals surface area contributed by atoms with Crippen LogP contribution in [0.2, 0.25) is 5.02 Å². The number of amides is 1. The molecule has 0 spiro atoms. The number of carboxylic acid groups (broad SMARTS) is 1. The molecular weight excluding hydrogens is 358 g/mol. The minimum Gasteiger partial charge on any atom is -0.503 e. The number of halogens is 1. The molecule has 1 aliphatic rings. The van der Waals surface area contributed by atoms with Gasteiger partial charge in [-0.15, -0.1) is 0 Å². The molecule has 0 saturated heterocycles. The van der Waals surface area contributed by atoms with E-state index >= 15 is 0 Å². The molecule has 2 aromatic carbocycles. The van der Waals surface area contributed by atoms with E-state index in [1.807, 2.05) is 0 Å². The van der Waals surface area contributed by atoms with Crippen LogP contribution in [-0.4, -0.2) is 27.9 Å². The van der Waals surface area contributed by atoms with Gasteiger partial charge in [-0.25, -0.2) is 4.79 Å². The molecule has 1 heterocycles. The number of aliphatic hydroxyl groups excluding tert-OH is 1. The van der Waals surface area contributed by atoms with Crippen molar-refractivity contribution in [2.24, 2.45) is 0 Å². The van der Waals surface area contributed by atoms with E-state index in [-0.39, 0.29) is 11.1 Å². The molecular formula is C19H14ClNO5. The molecule has 0 radical (unpaired) electrons. The molecule has 0 aromatic heterocycles. The summed E-state index contributed by atoms with van der Waals surface area (Å²) in [7, 11) is 0. The van der Waals surface area contributed by atoms with E-state index in [2.05, 4.69) is 0 Å². The number of Topliss-reactive ketones (excluding diaryl/α,β-unsaturated/α-hetero) is 1. The van der Waals surface area contributed by atoms with E-state index in [4.69, 9.17) is 16.7 Å². The Balaban J connectivity index is 2.13. The fourth-order valence-electron chi connectivity index (χ4n) is 2.96. The topological polar surface area (TPSA) is 94.9 Å². The lowest BCUT2D eigenvalue weighted by Gasteiger charge is -2.26. The minimum atomic E-state index is -1.09. The van der Waals surface area contributed by atoms with Gasteiger partial charge in [-0.2, -0.15) is 0 Å². The number of hydrogen-bond acceptors (Lipinski definition) is 4. The quantitative estimate of drug-likeness (QED) is 0.857. The number of carboxylic acids is 1. The predicted molar refractivity (Wildman–Crippen MR) is 95.4 cm³/mol. The number of aromatic carboxylic acids is 1. The first-order chi connectivity index (χ1) is 12.3. The SMILES string of the molecule is CC(=O)C1=C(O)C(=O)N(c2ccc(C(=O)O)cc2)[C@@H]1c1ccc(Cl)cc1. The second-order valence-corrected chi connectivity index (χ2v) is 6.24. The van der Waals surface area contributed by atoms with Gasteiger partial charge in [0.05, 0.1) is 17.2 Å². The molecule has 132 valence electrons. The normalized spacial score (nSPS) is 16.9. The fourth-order valence-corrected chi connectivity index (χ4v) is 3.08. The minimum absolute atomic E-state index is 0.0142. The third-order valence-electron chi connectivity index (χ3n) is 4.17. The van der Waals surface area contributed by atoms with E-state index in [0.717, 1.165) is 0 Å². The smallest absolute Gasteiger partial charge is 0.335 e. The van der Waals surface area contributed by atoms with Gasteiger partial charge in [0.25, 0.3) is 5.91 Å². The molecule has 0 bridgehead atoms. The van der Waals surface area contributed by atoms with Crippen molar-refractivity contribution < 1.29 is 24.6 Å². The first-order valence-corrected chi connectivity index (χ1v) is 8.05. The van der Waals surface area contributed by atoms with E-state index in [0.29, 0.717) is 16.3 Å². The Morgan fingerprint density at radius 1 is 1.04 bits per heavy atom. The Bertz CT molecular complexity index is 931. The molecule has 1 atom stereocenters. The van der Waals surface area contributed by atoms with Crippen molar-refractivity contribution in [2.45, 2.75) is 13.0 Å². The maximum absolute atomic E-state index is 12.6. The molecule has 3 rings (SSSR count).